The molecular formula is C5H5O2S. The van der Waals surface area contributed by atoms with Gasteiger partial charge < -0.3 is 10.2 Å². The molecule has 0 bridgehead atoms. The third-order valence-electron chi connectivity index (χ3n) is 0.742. The molecule has 0 aliphatic carbocycles. The molecule has 1 radical (unpaired) electrons. The molecule has 1 heterocycles. The third-order valence-corrected chi connectivity index (χ3v) is 1.61. The molecule has 0 saturated heterocycles. The zero-order chi connectivity index (χ0) is 5.98. The predicted octanol–water partition coefficient (Wildman–Crippen LogP) is 1.33. The van der Waals surface area contributed by atoms with Gasteiger partial charge in [-0.1, -0.05) is 6.07 Å². The average molecular weight is 129 g/mol. The van der Waals surface area contributed by atoms with Crippen LogP contribution in [0.5, 0.6) is 0 Å². The quantitative estimate of drug-likeness (QED) is 0.600. The second-order valence-corrected chi connectivity index (χ2v) is 2.25. The summed E-state index contributed by atoms with van der Waals surface area (Å²) in [6, 6.07) is 3.40. The van der Waals surface area contributed by atoms with E-state index in [1.165, 1.54) is 11.3 Å². The minimum Gasteiger partial charge on any atom is -0.357 e. The number of aliphatic hydroxyl groups is 2. The van der Waals surface area contributed by atoms with Crippen molar-refractivity contribution in [3.8, 4) is 0 Å². The highest BCUT2D eigenvalue weighted by Crippen LogP contribution is 2.14. The summed E-state index contributed by atoms with van der Waals surface area (Å²) < 4.78 is 0. The van der Waals surface area contributed by atoms with E-state index in [0.29, 0.717) is 4.88 Å². The Hall–Kier alpha value is -0.380. The smallest absolute Gasteiger partial charge is 0.261 e. The van der Waals surface area contributed by atoms with Gasteiger partial charge in [-0.25, -0.2) is 0 Å². The molecule has 0 atom stereocenters. The van der Waals surface area contributed by atoms with Crippen LogP contribution in [-0.2, 0) is 0 Å². The van der Waals surface area contributed by atoms with Crippen LogP contribution in [0.1, 0.15) is 4.88 Å². The van der Waals surface area contributed by atoms with Crippen LogP contribution in [0.15, 0.2) is 17.5 Å². The fraction of sp³-hybridized carbons (Fsp3) is 0. The molecule has 43 valence electrons. The number of hydrogen-bond donors (Lipinski definition) is 2. The summed E-state index contributed by atoms with van der Waals surface area (Å²) in [5, 5.41) is 18.6. The molecule has 0 unspecified atom stereocenters. The van der Waals surface area contributed by atoms with Crippen LogP contribution in [0.25, 0.3) is 0 Å². The first-order valence-corrected chi connectivity index (χ1v) is 2.97. The second kappa shape index (κ2) is 2.26. The number of hydrogen-bond acceptors (Lipinski definition) is 3. The lowest BCUT2D eigenvalue weighted by Gasteiger charge is -1.91. The summed E-state index contributed by atoms with van der Waals surface area (Å²) in [5.41, 5.74) is 0. The van der Waals surface area contributed by atoms with Gasteiger partial charge in [-0.2, -0.15) is 0 Å². The van der Waals surface area contributed by atoms with Crippen molar-refractivity contribution in [1.82, 2.24) is 0 Å². The summed E-state index contributed by atoms with van der Waals surface area (Å²) in [7, 11) is 0. The van der Waals surface area contributed by atoms with Crippen LogP contribution < -0.4 is 0 Å². The van der Waals surface area contributed by atoms with Gasteiger partial charge in [0.1, 0.15) is 0 Å². The highest BCUT2D eigenvalue weighted by molar-refractivity contribution is 7.10. The Bertz CT molecular complexity index is 145. The van der Waals surface area contributed by atoms with Gasteiger partial charge in [0.15, 0.2) is 0 Å². The summed E-state index contributed by atoms with van der Waals surface area (Å²) >= 11 is 1.29. The van der Waals surface area contributed by atoms with Crippen LogP contribution in [0.2, 0.25) is 0 Å². The van der Waals surface area contributed by atoms with Gasteiger partial charge in [0.2, 0.25) is 0 Å². The van der Waals surface area contributed by atoms with Crippen molar-refractivity contribution >= 4 is 11.3 Å². The molecule has 1 aromatic rings. The van der Waals surface area contributed by atoms with Gasteiger partial charge in [0.05, 0.1) is 4.88 Å². The van der Waals surface area contributed by atoms with Crippen LogP contribution >= 0.6 is 11.3 Å². The summed E-state index contributed by atoms with van der Waals surface area (Å²) in [6.07, 6.45) is -0.597. The van der Waals surface area contributed by atoms with E-state index in [0.717, 1.165) is 0 Å². The Kier molecular flexibility index (Phi) is 1.62. The maximum absolute atomic E-state index is 8.40. The largest absolute Gasteiger partial charge is 0.357 e. The Morgan fingerprint density at radius 3 is 2.50 bits per heavy atom. The first-order chi connectivity index (χ1) is 3.80. The summed E-state index contributed by atoms with van der Waals surface area (Å²) in [5.74, 6) is 0. The van der Waals surface area contributed by atoms with Crippen molar-refractivity contribution in [3.05, 3.63) is 28.7 Å². The molecule has 0 aliphatic rings. The molecule has 2 N–H and O–H groups in total. The first-order valence-electron chi connectivity index (χ1n) is 2.09. The van der Waals surface area contributed by atoms with Gasteiger partial charge in [-0.3, -0.25) is 0 Å². The van der Waals surface area contributed by atoms with Crippen molar-refractivity contribution in [2.75, 3.05) is 0 Å². The van der Waals surface area contributed by atoms with Gasteiger partial charge in [-0.05, 0) is 11.4 Å². The van der Waals surface area contributed by atoms with Crippen molar-refractivity contribution < 1.29 is 10.2 Å². The highest BCUT2D eigenvalue weighted by Gasteiger charge is 2.02. The third kappa shape index (κ3) is 1.06. The molecule has 2 nitrogen and oxygen atoms in total. The van der Waals surface area contributed by atoms with Crippen molar-refractivity contribution in [2.45, 2.75) is 0 Å². The second-order valence-electron chi connectivity index (χ2n) is 1.30. The molecule has 3 heteroatoms. The number of aliphatic hydroxyl groups excluding tert-OH is 1. The molecule has 0 aromatic carbocycles. The molecule has 1 aromatic heterocycles. The fourth-order valence-electron chi connectivity index (χ4n) is 0.406. The van der Waals surface area contributed by atoms with Gasteiger partial charge in [0, 0.05) is 0 Å². The summed E-state index contributed by atoms with van der Waals surface area (Å²) in [6.45, 7) is 0. The van der Waals surface area contributed by atoms with E-state index in [1.807, 2.05) is 0 Å². The van der Waals surface area contributed by atoms with E-state index in [9.17, 15) is 0 Å². The maximum Gasteiger partial charge on any atom is 0.261 e. The molecule has 0 amide bonds. The minimum absolute atomic E-state index is 0.505. The first kappa shape index (κ1) is 5.75. The monoisotopic (exact) mass is 129 g/mol. The topological polar surface area (TPSA) is 40.5 Å². The fourth-order valence-corrected chi connectivity index (χ4v) is 0.972. The zero-order valence-corrected chi connectivity index (χ0v) is 4.85. The Labute approximate surface area is 51.0 Å². The van der Waals surface area contributed by atoms with Gasteiger partial charge in [0.25, 0.3) is 6.29 Å². The van der Waals surface area contributed by atoms with Crippen LogP contribution in [0, 0.1) is 6.29 Å². The summed E-state index contributed by atoms with van der Waals surface area (Å²) in [4.78, 5) is 0.505. The average Bonchev–Trinajstić information content (AvgIpc) is 2.12. The lowest BCUT2D eigenvalue weighted by molar-refractivity contribution is 0.112. The van der Waals surface area contributed by atoms with Crippen LogP contribution in [0.3, 0.4) is 0 Å². The molecule has 0 aliphatic heterocycles. The molecule has 8 heavy (non-hydrogen) atoms. The zero-order valence-electron chi connectivity index (χ0n) is 4.03. The Morgan fingerprint density at radius 1 is 1.50 bits per heavy atom. The molecule has 0 fully saturated rings. The van der Waals surface area contributed by atoms with Crippen molar-refractivity contribution in [2.24, 2.45) is 0 Å². The van der Waals surface area contributed by atoms with E-state index < -0.39 is 6.29 Å². The van der Waals surface area contributed by atoms with Crippen molar-refractivity contribution in [3.63, 3.8) is 0 Å². The molecule has 0 spiro atoms. The molecule has 0 saturated carbocycles. The number of thiophene rings is 1. The molecular weight excluding hydrogens is 124 g/mol. The highest BCUT2D eigenvalue weighted by atomic mass is 32.1. The van der Waals surface area contributed by atoms with Gasteiger partial charge in [-0.15, -0.1) is 11.3 Å². The van der Waals surface area contributed by atoms with Gasteiger partial charge >= 0.3 is 0 Å². The van der Waals surface area contributed by atoms with E-state index in [1.54, 1.807) is 17.5 Å². The van der Waals surface area contributed by atoms with Crippen molar-refractivity contribution in [1.29, 1.82) is 0 Å². The van der Waals surface area contributed by atoms with Crippen LogP contribution in [0.4, 0.5) is 0 Å². The normalized spacial score (nSPS) is 10.4. The van der Waals surface area contributed by atoms with E-state index in [4.69, 9.17) is 10.2 Å². The van der Waals surface area contributed by atoms with E-state index >= 15 is 0 Å². The lowest BCUT2D eigenvalue weighted by atomic mass is 10.5. The SMILES string of the molecule is O[C](O)c1cccs1. The predicted molar refractivity (Wildman–Crippen MR) is 30.5 cm³/mol. The maximum atomic E-state index is 8.40. The van der Waals surface area contributed by atoms with E-state index in [-0.39, 0.29) is 0 Å². The lowest BCUT2D eigenvalue weighted by Crippen LogP contribution is -1.89. The number of rotatable bonds is 1. The minimum atomic E-state index is -0.597. The van der Waals surface area contributed by atoms with Crippen LogP contribution in [-0.4, -0.2) is 10.2 Å². The Balaban J connectivity index is 2.77. The van der Waals surface area contributed by atoms with E-state index in [2.05, 4.69) is 0 Å². The standard InChI is InChI=1S/C5H5O2S/c6-5(7)4-2-1-3-8-4/h1-3,6-7H. The molecule has 1 rings (SSSR count). The Morgan fingerprint density at radius 2 is 2.25 bits per heavy atom.